The van der Waals surface area contributed by atoms with Gasteiger partial charge in [-0.05, 0) is 60.9 Å². The Kier molecular flexibility index (Phi) is 5.57. The molecule has 2 nitrogen and oxygen atoms in total. The molecule has 1 aromatic heterocycles. The standard InChI is InChI=1S/C26H30O2/c1-18-19(2)28-26(17-20-9-5-4-6-10-20)23(18)15-21-13-14-25(27-3)24(16-21)22-11-7-8-12-22/h4-6,9-10,13-14,16,22H,7-8,11-12,15,17H2,1-3H3. The van der Waals surface area contributed by atoms with Crippen LogP contribution < -0.4 is 4.74 Å². The highest BCUT2D eigenvalue weighted by molar-refractivity contribution is 5.44. The Bertz CT molecular complexity index is 931. The lowest BCUT2D eigenvalue weighted by atomic mass is 9.92. The average Bonchev–Trinajstić information content (AvgIpc) is 3.34. The molecule has 0 amide bonds. The molecule has 1 fully saturated rings. The van der Waals surface area contributed by atoms with Crippen molar-refractivity contribution in [2.45, 2.75) is 58.3 Å². The van der Waals surface area contributed by atoms with Gasteiger partial charge < -0.3 is 9.15 Å². The van der Waals surface area contributed by atoms with Gasteiger partial charge in [-0.25, -0.2) is 0 Å². The van der Waals surface area contributed by atoms with E-state index < -0.39 is 0 Å². The first-order chi connectivity index (χ1) is 13.7. The summed E-state index contributed by atoms with van der Waals surface area (Å²) in [4.78, 5) is 0. The van der Waals surface area contributed by atoms with Crippen LogP contribution >= 0.6 is 0 Å². The van der Waals surface area contributed by atoms with Gasteiger partial charge in [0.1, 0.15) is 17.3 Å². The molecule has 0 unspecified atom stereocenters. The molecule has 1 heterocycles. The first-order valence-corrected chi connectivity index (χ1v) is 10.4. The van der Waals surface area contributed by atoms with E-state index in [0.717, 1.165) is 30.1 Å². The van der Waals surface area contributed by atoms with Crippen molar-refractivity contribution >= 4 is 0 Å². The Hall–Kier alpha value is -2.48. The van der Waals surface area contributed by atoms with Gasteiger partial charge >= 0.3 is 0 Å². The van der Waals surface area contributed by atoms with Crippen LogP contribution in [0.5, 0.6) is 5.75 Å². The number of ether oxygens (including phenoxy) is 1. The maximum atomic E-state index is 6.17. The molecule has 146 valence electrons. The van der Waals surface area contributed by atoms with E-state index in [1.54, 1.807) is 7.11 Å². The summed E-state index contributed by atoms with van der Waals surface area (Å²) in [5.41, 5.74) is 6.65. The molecule has 28 heavy (non-hydrogen) atoms. The Morgan fingerprint density at radius 2 is 1.68 bits per heavy atom. The molecular formula is C26H30O2. The van der Waals surface area contributed by atoms with Crippen molar-refractivity contribution in [3.63, 3.8) is 0 Å². The summed E-state index contributed by atoms with van der Waals surface area (Å²) in [6.45, 7) is 4.26. The maximum Gasteiger partial charge on any atom is 0.122 e. The predicted octanol–water partition coefficient (Wildman–Crippen LogP) is 6.74. The average molecular weight is 375 g/mol. The van der Waals surface area contributed by atoms with Gasteiger partial charge in [0.2, 0.25) is 0 Å². The number of rotatable bonds is 6. The minimum atomic E-state index is 0.644. The van der Waals surface area contributed by atoms with Gasteiger partial charge in [0, 0.05) is 18.4 Å². The third kappa shape index (κ3) is 3.87. The molecule has 0 radical (unpaired) electrons. The molecule has 3 aromatic rings. The van der Waals surface area contributed by atoms with Crippen molar-refractivity contribution in [2.75, 3.05) is 7.11 Å². The van der Waals surface area contributed by atoms with Gasteiger partial charge in [-0.2, -0.15) is 0 Å². The second-order valence-electron chi connectivity index (χ2n) is 8.08. The number of methoxy groups -OCH3 is 1. The van der Waals surface area contributed by atoms with Crippen LogP contribution in [0.3, 0.4) is 0 Å². The number of hydrogen-bond acceptors (Lipinski definition) is 2. The SMILES string of the molecule is COc1ccc(Cc2c(Cc3ccccc3)oc(C)c2C)cc1C1CCCC1. The van der Waals surface area contributed by atoms with Crippen molar-refractivity contribution in [2.24, 2.45) is 0 Å². The Morgan fingerprint density at radius 1 is 0.929 bits per heavy atom. The monoisotopic (exact) mass is 374 g/mol. The zero-order chi connectivity index (χ0) is 19.5. The van der Waals surface area contributed by atoms with Gasteiger partial charge in [0.15, 0.2) is 0 Å². The lowest BCUT2D eigenvalue weighted by Gasteiger charge is -2.16. The molecule has 4 rings (SSSR count). The van der Waals surface area contributed by atoms with Gasteiger partial charge in [-0.1, -0.05) is 55.3 Å². The number of benzene rings is 2. The molecule has 1 aliphatic carbocycles. The van der Waals surface area contributed by atoms with E-state index in [2.05, 4.69) is 62.4 Å². The quantitative estimate of drug-likeness (QED) is 0.476. The second kappa shape index (κ2) is 8.26. The van der Waals surface area contributed by atoms with Gasteiger partial charge in [-0.3, -0.25) is 0 Å². The molecule has 2 heteroatoms. The van der Waals surface area contributed by atoms with E-state index in [1.165, 1.54) is 53.5 Å². The van der Waals surface area contributed by atoms with Crippen LogP contribution in [-0.2, 0) is 12.8 Å². The molecule has 0 saturated heterocycles. The van der Waals surface area contributed by atoms with E-state index in [1.807, 2.05) is 0 Å². The predicted molar refractivity (Wildman–Crippen MR) is 114 cm³/mol. The molecule has 0 atom stereocenters. The van der Waals surface area contributed by atoms with Crippen LogP contribution in [0, 0.1) is 13.8 Å². The third-order valence-electron chi connectivity index (χ3n) is 6.27. The molecule has 1 aliphatic rings. The van der Waals surface area contributed by atoms with E-state index in [4.69, 9.17) is 9.15 Å². The zero-order valence-electron chi connectivity index (χ0n) is 17.3. The van der Waals surface area contributed by atoms with Crippen molar-refractivity contribution in [3.05, 3.63) is 87.9 Å². The number of aryl methyl sites for hydroxylation is 1. The summed E-state index contributed by atoms with van der Waals surface area (Å²) >= 11 is 0. The molecule has 0 N–H and O–H groups in total. The zero-order valence-corrected chi connectivity index (χ0v) is 17.3. The lowest BCUT2D eigenvalue weighted by Crippen LogP contribution is -2.01. The molecular weight excluding hydrogens is 344 g/mol. The number of hydrogen-bond donors (Lipinski definition) is 0. The molecule has 0 aliphatic heterocycles. The van der Waals surface area contributed by atoms with Crippen LogP contribution in [0.4, 0.5) is 0 Å². The highest BCUT2D eigenvalue weighted by atomic mass is 16.5. The molecule has 0 bridgehead atoms. The summed E-state index contributed by atoms with van der Waals surface area (Å²) in [5, 5.41) is 0. The smallest absolute Gasteiger partial charge is 0.122 e. The molecule has 2 aromatic carbocycles. The molecule has 1 saturated carbocycles. The van der Waals surface area contributed by atoms with Gasteiger partial charge in [0.25, 0.3) is 0 Å². The largest absolute Gasteiger partial charge is 0.496 e. The topological polar surface area (TPSA) is 22.4 Å². The van der Waals surface area contributed by atoms with E-state index >= 15 is 0 Å². The van der Waals surface area contributed by atoms with Gasteiger partial charge in [-0.15, -0.1) is 0 Å². The first kappa shape index (κ1) is 18.9. The Balaban J connectivity index is 1.64. The lowest BCUT2D eigenvalue weighted by molar-refractivity contribution is 0.405. The van der Waals surface area contributed by atoms with E-state index in [9.17, 15) is 0 Å². The van der Waals surface area contributed by atoms with Crippen LogP contribution in [0.1, 0.15) is 70.9 Å². The highest BCUT2D eigenvalue weighted by Crippen LogP contribution is 2.39. The fourth-order valence-corrected chi connectivity index (χ4v) is 4.55. The normalized spacial score (nSPS) is 14.5. The summed E-state index contributed by atoms with van der Waals surface area (Å²) < 4.78 is 11.8. The highest BCUT2D eigenvalue weighted by Gasteiger charge is 2.22. The summed E-state index contributed by atoms with van der Waals surface area (Å²) in [6, 6.07) is 17.3. The fourth-order valence-electron chi connectivity index (χ4n) is 4.55. The fraction of sp³-hybridized carbons (Fsp3) is 0.385. The Labute approximate surface area is 168 Å². The minimum Gasteiger partial charge on any atom is -0.496 e. The maximum absolute atomic E-state index is 6.17. The second-order valence-corrected chi connectivity index (χ2v) is 8.08. The van der Waals surface area contributed by atoms with Crippen LogP contribution in [0.25, 0.3) is 0 Å². The van der Waals surface area contributed by atoms with Crippen molar-refractivity contribution in [1.82, 2.24) is 0 Å². The van der Waals surface area contributed by atoms with E-state index in [-0.39, 0.29) is 0 Å². The number of furan rings is 1. The molecule has 0 spiro atoms. The summed E-state index contributed by atoms with van der Waals surface area (Å²) in [5.74, 6) is 3.82. The van der Waals surface area contributed by atoms with Crippen molar-refractivity contribution in [1.29, 1.82) is 0 Å². The summed E-state index contributed by atoms with van der Waals surface area (Å²) in [7, 11) is 1.79. The third-order valence-corrected chi connectivity index (χ3v) is 6.27. The Morgan fingerprint density at radius 3 is 2.39 bits per heavy atom. The van der Waals surface area contributed by atoms with E-state index in [0.29, 0.717) is 5.92 Å². The van der Waals surface area contributed by atoms with Crippen LogP contribution in [-0.4, -0.2) is 7.11 Å². The van der Waals surface area contributed by atoms with Crippen molar-refractivity contribution < 1.29 is 9.15 Å². The minimum absolute atomic E-state index is 0.644. The first-order valence-electron chi connectivity index (χ1n) is 10.4. The van der Waals surface area contributed by atoms with Crippen LogP contribution in [0.2, 0.25) is 0 Å². The summed E-state index contributed by atoms with van der Waals surface area (Å²) in [6.07, 6.45) is 6.98. The van der Waals surface area contributed by atoms with Gasteiger partial charge in [0.05, 0.1) is 7.11 Å². The van der Waals surface area contributed by atoms with Crippen LogP contribution in [0.15, 0.2) is 52.9 Å². The van der Waals surface area contributed by atoms with Crippen molar-refractivity contribution in [3.8, 4) is 5.75 Å².